The van der Waals surface area contributed by atoms with Crippen LogP contribution in [0.4, 0.5) is 4.79 Å². The first-order chi connectivity index (χ1) is 27.2. The van der Waals surface area contributed by atoms with Gasteiger partial charge in [-0.3, -0.25) is 9.59 Å². The number of benzene rings is 3. The van der Waals surface area contributed by atoms with Crippen LogP contribution in [0.3, 0.4) is 0 Å². The Morgan fingerprint density at radius 3 is 2.11 bits per heavy atom. The summed E-state index contributed by atoms with van der Waals surface area (Å²) in [5, 5.41) is 2.05. The van der Waals surface area contributed by atoms with Crippen molar-refractivity contribution in [1.29, 1.82) is 0 Å². The smallest absolute Gasteiger partial charge is 0.410 e. The standard InChI is InChI=1S/C32H41N3O5.C13H13NO3/c1-22-6-8-27-26(18-22)23(2)19-30(36)34(27)15-14-33-12-10-25(11-13-33)35(31(37)40-32(3,4)5)21-24-7-9-28-29(20-24)39-17-16-38-28;1-9-7-13(16)14(5-6-15)12-4-3-10(17-2)8-11(9)12/h6-9,18-20,25H,10-17,21H2,1-5H3;3-4,6-8H,5H2,1-2H3. The van der Waals surface area contributed by atoms with E-state index in [2.05, 4.69) is 30.0 Å². The fourth-order valence-corrected chi connectivity index (χ4v) is 7.55. The van der Waals surface area contributed by atoms with Crippen molar-refractivity contribution in [2.24, 2.45) is 0 Å². The molecule has 0 radical (unpaired) electrons. The van der Waals surface area contributed by atoms with Crippen LogP contribution in [0.25, 0.3) is 21.8 Å². The molecule has 4 heterocycles. The second-order valence-electron chi connectivity index (χ2n) is 15.8. The third kappa shape index (κ3) is 9.86. The summed E-state index contributed by atoms with van der Waals surface area (Å²) in [5.41, 5.74) is 5.11. The van der Waals surface area contributed by atoms with E-state index in [0.717, 1.165) is 94.5 Å². The molecule has 0 atom stereocenters. The first kappa shape index (κ1) is 41.0. The Bertz CT molecular complexity index is 2370. The fourth-order valence-electron chi connectivity index (χ4n) is 7.55. The number of hydrogen-bond donors (Lipinski definition) is 0. The van der Waals surface area contributed by atoms with Crippen molar-refractivity contribution >= 4 is 34.2 Å². The van der Waals surface area contributed by atoms with Crippen LogP contribution in [0.5, 0.6) is 17.2 Å². The molecule has 12 nitrogen and oxygen atoms in total. The molecular formula is C45H54N4O8. The maximum absolute atomic E-state index is 13.4. The lowest BCUT2D eigenvalue weighted by atomic mass is 10.0. The number of aromatic nitrogens is 2. The zero-order valence-electron chi connectivity index (χ0n) is 34.1. The molecule has 0 spiro atoms. The van der Waals surface area contributed by atoms with Crippen molar-refractivity contribution in [2.45, 2.75) is 85.7 Å². The summed E-state index contributed by atoms with van der Waals surface area (Å²) >= 11 is 0. The maximum atomic E-state index is 13.4. The molecule has 1 fully saturated rings. The molecule has 7 rings (SSSR count). The number of methoxy groups -OCH3 is 1. The van der Waals surface area contributed by atoms with Crippen molar-refractivity contribution in [3.8, 4) is 17.2 Å². The van der Waals surface area contributed by atoms with Crippen molar-refractivity contribution in [3.05, 3.63) is 110 Å². The number of carbonyl (C=O) groups is 2. The van der Waals surface area contributed by atoms with Crippen LogP contribution in [0.1, 0.15) is 55.9 Å². The van der Waals surface area contributed by atoms with Gasteiger partial charge in [0.15, 0.2) is 11.5 Å². The predicted octanol–water partition coefficient (Wildman–Crippen LogP) is 6.81. The van der Waals surface area contributed by atoms with E-state index < -0.39 is 5.60 Å². The molecule has 0 unspecified atom stereocenters. The van der Waals surface area contributed by atoms with Crippen LogP contribution in [0.2, 0.25) is 0 Å². The number of aldehydes is 1. The minimum atomic E-state index is -0.578. The van der Waals surface area contributed by atoms with Gasteiger partial charge in [-0.25, -0.2) is 4.79 Å². The van der Waals surface area contributed by atoms with E-state index in [1.54, 1.807) is 25.3 Å². The molecule has 2 aliphatic rings. The van der Waals surface area contributed by atoms with Crippen LogP contribution >= 0.6 is 0 Å². The number of hydrogen-bond acceptors (Lipinski definition) is 9. The predicted molar refractivity (Wildman–Crippen MR) is 222 cm³/mol. The molecule has 2 aromatic heterocycles. The van der Waals surface area contributed by atoms with Gasteiger partial charge in [-0.15, -0.1) is 0 Å². The lowest BCUT2D eigenvalue weighted by molar-refractivity contribution is -0.108. The summed E-state index contributed by atoms with van der Waals surface area (Å²) < 4.78 is 25.7. The van der Waals surface area contributed by atoms with Crippen LogP contribution in [0, 0.1) is 20.8 Å². The highest BCUT2D eigenvalue weighted by molar-refractivity contribution is 5.84. The number of amides is 1. The molecule has 0 saturated carbocycles. The lowest BCUT2D eigenvalue weighted by Crippen LogP contribution is -2.49. The largest absolute Gasteiger partial charge is 0.497 e. The zero-order chi connectivity index (χ0) is 40.9. The first-order valence-electron chi connectivity index (χ1n) is 19.6. The molecule has 57 heavy (non-hydrogen) atoms. The number of pyridine rings is 2. The second kappa shape index (κ2) is 17.7. The Morgan fingerprint density at radius 1 is 0.807 bits per heavy atom. The number of fused-ring (bicyclic) bond motifs is 3. The minimum Gasteiger partial charge on any atom is -0.497 e. The third-order valence-corrected chi connectivity index (χ3v) is 10.5. The van der Waals surface area contributed by atoms with E-state index in [1.807, 2.05) is 68.4 Å². The van der Waals surface area contributed by atoms with Gasteiger partial charge in [-0.05, 0) is 114 Å². The molecule has 0 bridgehead atoms. The summed E-state index contributed by atoms with van der Waals surface area (Å²) in [6.07, 6.45) is 2.10. The highest BCUT2D eigenvalue weighted by Gasteiger charge is 2.31. The summed E-state index contributed by atoms with van der Waals surface area (Å²) in [5.74, 6) is 2.19. The van der Waals surface area contributed by atoms with Crippen molar-refractivity contribution in [1.82, 2.24) is 18.9 Å². The summed E-state index contributed by atoms with van der Waals surface area (Å²) in [7, 11) is 1.60. The van der Waals surface area contributed by atoms with E-state index in [-0.39, 0.29) is 29.8 Å². The van der Waals surface area contributed by atoms with Crippen LogP contribution < -0.4 is 25.3 Å². The van der Waals surface area contributed by atoms with Gasteiger partial charge in [0, 0.05) is 61.7 Å². The van der Waals surface area contributed by atoms with Gasteiger partial charge in [0.2, 0.25) is 0 Å². The number of ether oxygens (including phenoxy) is 4. The number of nitrogens with zero attached hydrogens (tertiary/aromatic N) is 4. The Kier molecular flexibility index (Phi) is 12.7. The molecule has 3 aromatic carbocycles. The zero-order valence-corrected chi connectivity index (χ0v) is 34.1. The van der Waals surface area contributed by atoms with Crippen LogP contribution in [0.15, 0.2) is 76.3 Å². The maximum Gasteiger partial charge on any atom is 0.410 e. The van der Waals surface area contributed by atoms with E-state index in [0.29, 0.717) is 26.3 Å². The Hall–Kier alpha value is -5.62. The highest BCUT2D eigenvalue weighted by Crippen LogP contribution is 2.32. The quantitative estimate of drug-likeness (QED) is 0.149. The number of aryl methyl sites for hydroxylation is 3. The summed E-state index contributed by atoms with van der Waals surface area (Å²) in [4.78, 5) is 52.9. The topological polar surface area (TPSA) is 122 Å². The minimum absolute atomic E-state index is 0.0410. The van der Waals surface area contributed by atoms with E-state index in [9.17, 15) is 19.2 Å². The molecule has 0 N–H and O–H groups in total. The second-order valence-corrected chi connectivity index (χ2v) is 15.8. The Morgan fingerprint density at radius 2 is 1.44 bits per heavy atom. The third-order valence-electron chi connectivity index (χ3n) is 10.5. The molecule has 12 heteroatoms. The Balaban J connectivity index is 0.000000269. The highest BCUT2D eigenvalue weighted by atomic mass is 16.6. The van der Waals surface area contributed by atoms with Crippen molar-refractivity contribution in [3.63, 3.8) is 0 Å². The number of carbonyl (C=O) groups excluding carboxylic acids is 2. The fraction of sp³-hybridized carbons (Fsp3) is 0.422. The molecule has 5 aromatic rings. The Labute approximate surface area is 333 Å². The van der Waals surface area contributed by atoms with Gasteiger partial charge < -0.3 is 42.7 Å². The normalized spacial score (nSPS) is 14.5. The number of piperidine rings is 1. The summed E-state index contributed by atoms with van der Waals surface area (Å²) in [6, 6.07) is 20.9. The monoisotopic (exact) mass is 778 g/mol. The number of likely N-dealkylation sites (tertiary alicyclic amines) is 1. The molecular weight excluding hydrogens is 725 g/mol. The molecule has 0 aliphatic carbocycles. The van der Waals surface area contributed by atoms with Crippen LogP contribution in [-0.2, 0) is 29.2 Å². The SMILES string of the molecule is COc1ccc2c(c1)c(C)cc(=O)n2CC=O.Cc1ccc2c(c1)c(C)cc(=O)n2CCN1CCC(N(Cc2ccc3c(c2)OCCO3)C(=O)OC(C)(C)C)CC1. The van der Waals surface area contributed by atoms with Gasteiger partial charge in [-0.1, -0.05) is 17.7 Å². The molecule has 302 valence electrons. The van der Waals surface area contributed by atoms with Gasteiger partial charge in [0.05, 0.1) is 24.7 Å². The molecule has 1 amide bonds. The van der Waals surface area contributed by atoms with E-state index >= 15 is 0 Å². The average molecular weight is 779 g/mol. The molecule has 1 saturated heterocycles. The van der Waals surface area contributed by atoms with E-state index in [1.165, 1.54) is 16.2 Å². The van der Waals surface area contributed by atoms with Gasteiger partial charge in [-0.2, -0.15) is 0 Å². The first-order valence-corrected chi connectivity index (χ1v) is 19.6. The van der Waals surface area contributed by atoms with Crippen molar-refractivity contribution in [2.75, 3.05) is 40.0 Å². The summed E-state index contributed by atoms with van der Waals surface area (Å²) in [6.45, 7) is 16.3. The van der Waals surface area contributed by atoms with Crippen molar-refractivity contribution < 1.29 is 28.5 Å². The van der Waals surface area contributed by atoms with E-state index in [4.69, 9.17) is 18.9 Å². The van der Waals surface area contributed by atoms with Gasteiger partial charge in [0.25, 0.3) is 11.1 Å². The van der Waals surface area contributed by atoms with Gasteiger partial charge >= 0.3 is 6.09 Å². The number of rotatable bonds is 9. The lowest BCUT2D eigenvalue weighted by Gasteiger charge is -2.39. The molecule has 2 aliphatic heterocycles. The van der Waals surface area contributed by atoms with Gasteiger partial charge in [0.1, 0.15) is 30.9 Å². The van der Waals surface area contributed by atoms with Crippen LogP contribution in [-0.4, -0.2) is 82.9 Å². The average Bonchev–Trinajstić information content (AvgIpc) is 3.18.